The Morgan fingerprint density at radius 1 is 0.923 bits per heavy atom. The standard InChI is InChI=1S/C5H12.C4H10.C4H6/c1-3-5-4-2;1-4(2)3;1-3-4-2/h3-5H2,1-2H3;4H,1-3H3;3-4H,1-2H2. The van der Waals surface area contributed by atoms with Gasteiger partial charge in [-0.25, -0.2) is 0 Å². The van der Waals surface area contributed by atoms with E-state index in [4.69, 9.17) is 0 Å². The van der Waals surface area contributed by atoms with Crippen molar-refractivity contribution in [2.45, 2.75) is 53.9 Å². The molecule has 13 heavy (non-hydrogen) atoms. The number of hydrogen-bond donors (Lipinski definition) is 0. The molecule has 0 heteroatoms. The Labute approximate surface area is 85.8 Å². The van der Waals surface area contributed by atoms with Gasteiger partial charge in [-0.3, -0.25) is 0 Å². The summed E-state index contributed by atoms with van der Waals surface area (Å²) in [5.74, 6) is 0.833. The minimum atomic E-state index is 0.833. The lowest BCUT2D eigenvalue weighted by molar-refractivity contribution is 0.737. The van der Waals surface area contributed by atoms with E-state index in [1.54, 1.807) is 12.2 Å². The first-order valence-corrected chi connectivity index (χ1v) is 5.30. The van der Waals surface area contributed by atoms with Crippen LogP contribution in [0.1, 0.15) is 53.9 Å². The van der Waals surface area contributed by atoms with Crippen LogP contribution in [-0.4, -0.2) is 0 Å². The first kappa shape index (κ1) is 18.3. The molecule has 0 aromatic rings. The zero-order chi connectivity index (χ0) is 11.1. The minimum absolute atomic E-state index is 0.833. The van der Waals surface area contributed by atoms with Crippen molar-refractivity contribution in [1.29, 1.82) is 0 Å². The number of hydrogen-bond acceptors (Lipinski definition) is 0. The van der Waals surface area contributed by atoms with Crippen molar-refractivity contribution in [3.63, 3.8) is 0 Å². The fourth-order valence-electron chi connectivity index (χ4n) is 0.354. The molecular weight excluding hydrogens is 156 g/mol. The lowest BCUT2D eigenvalue weighted by Gasteiger charge is -1.79. The van der Waals surface area contributed by atoms with Crippen LogP contribution in [0.5, 0.6) is 0 Å². The van der Waals surface area contributed by atoms with Crippen LogP contribution < -0.4 is 0 Å². The highest BCUT2D eigenvalue weighted by Gasteiger charge is 1.68. The van der Waals surface area contributed by atoms with E-state index in [1.165, 1.54) is 19.3 Å². The molecule has 0 nitrogen and oxygen atoms in total. The highest BCUT2D eigenvalue weighted by molar-refractivity contribution is 4.88. The fourth-order valence-corrected chi connectivity index (χ4v) is 0.354. The van der Waals surface area contributed by atoms with Crippen LogP contribution in [0.15, 0.2) is 25.3 Å². The van der Waals surface area contributed by atoms with Crippen LogP contribution in [0.2, 0.25) is 0 Å². The van der Waals surface area contributed by atoms with E-state index in [9.17, 15) is 0 Å². The van der Waals surface area contributed by atoms with Crippen molar-refractivity contribution in [1.82, 2.24) is 0 Å². The Morgan fingerprint density at radius 3 is 1.15 bits per heavy atom. The summed E-state index contributed by atoms with van der Waals surface area (Å²) in [4.78, 5) is 0. The van der Waals surface area contributed by atoms with Crippen LogP contribution in [0.25, 0.3) is 0 Å². The number of allylic oxidation sites excluding steroid dienone is 2. The predicted molar refractivity (Wildman–Crippen MR) is 66.1 cm³/mol. The van der Waals surface area contributed by atoms with Crippen molar-refractivity contribution in [3.8, 4) is 0 Å². The van der Waals surface area contributed by atoms with Crippen molar-refractivity contribution < 1.29 is 0 Å². The van der Waals surface area contributed by atoms with E-state index in [2.05, 4.69) is 47.8 Å². The molecule has 80 valence electrons. The second kappa shape index (κ2) is 22.5. The molecule has 0 heterocycles. The largest absolute Gasteiger partial charge is 0.0991 e. The SMILES string of the molecule is C=CC=C.CC(C)C.CCCCC. The van der Waals surface area contributed by atoms with Crippen LogP contribution in [0, 0.1) is 5.92 Å². The molecule has 0 rings (SSSR count). The molecule has 0 unspecified atom stereocenters. The molecule has 0 spiro atoms. The second-order valence-electron chi connectivity index (χ2n) is 3.56. The molecule has 0 radical (unpaired) electrons. The summed E-state index contributed by atoms with van der Waals surface area (Å²) in [5.41, 5.74) is 0. The Kier molecular flexibility index (Phi) is 31.7. The topological polar surface area (TPSA) is 0 Å². The van der Waals surface area contributed by atoms with Crippen LogP contribution in [-0.2, 0) is 0 Å². The number of rotatable bonds is 3. The lowest BCUT2D eigenvalue weighted by atomic mass is 10.3. The third-order valence-corrected chi connectivity index (χ3v) is 0.874. The van der Waals surface area contributed by atoms with Gasteiger partial charge in [0.15, 0.2) is 0 Å². The number of unbranched alkanes of at least 4 members (excludes halogenated alkanes) is 2. The van der Waals surface area contributed by atoms with E-state index >= 15 is 0 Å². The van der Waals surface area contributed by atoms with Crippen molar-refractivity contribution >= 4 is 0 Å². The smallest absolute Gasteiger partial charge is 0.0500 e. The van der Waals surface area contributed by atoms with Gasteiger partial charge >= 0.3 is 0 Å². The third-order valence-electron chi connectivity index (χ3n) is 0.874. The zero-order valence-electron chi connectivity index (χ0n) is 10.3. The molecule has 0 bridgehead atoms. The van der Waals surface area contributed by atoms with Gasteiger partial charge < -0.3 is 0 Å². The lowest BCUT2D eigenvalue weighted by Crippen LogP contribution is -1.66. The maximum atomic E-state index is 3.36. The maximum absolute atomic E-state index is 3.36. The normalized spacial score (nSPS) is 7.54. The first-order chi connectivity index (χ1) is 6.06. The Hall–Kier alpha value is -0.520. The van der Waals surface area contributed by atoms with Crippen molar-refractivity contribution in [3.05, 3.63) is 25.3 Å². The van der Waals surface area contributed by atoms with Gasteiger partial charge in [-0.2, -0.15) is 0 Å². The molecule has 0 aliphatic carbocycles. The molecule has 0 aliphatic rings. The highest BCUT2D eigenvalue weighted by Crippen LogP contribution is 1.88. The average molecular weight is 184 g/mol. The highest BCUT2D eigenvalue weighted by atomic mass is 13.7. The van der Waals surface area contributed by atoms with Gasteiger partial charge in [-0.05, 0) is 5.92 Å². The van der Waals surface area contributed by atoms with Gasteiger partial charge in [0.2, 0.25) is 0 Å². The van der Waals surface area contributed by atoms with Crippen LogP contribution >= 0.6 is 0 Å². The molecule has 0 aromatic heterocycles. The average Bonchev–Trinajstić information content (AvgIpc) is 2.05. The monoisotopic (exact) mass is 184 g/mol. The summed E-state index contributed by atoms with van der Waals surface area (Å²) in [6.45, 7) is 17.6. The Morgan fingerprint density at radius 2 is 1.15 bits per heavy atom. The van der Waals surface area contributed by atoms with Gasteiger partial charge in [0.05, 0.1) is 0 Å². The van der Waals surface area contributed by atoms with Gasteiger partial charge in [-0.15, -0.1) is 0 Å². The van der Waals surface area contributed by atoms with E-state index < -0.39 is 0 Å². The molecule has 0 N–H and O–H groups in total. The predicted octanol–water partition coefficient (Wildman–Crippen LogP) is 5.22. The quantitative estimate of drug-likeness (QED) is 0.528. The van der Waals surface area contributed by atoms with E-state index in [0.29, 0.717) is 0 Å². The molecule has 0 atom stereocenters. The summed E-state index contributed by atoms with van der Waals surface area (Å²) in [6.07, 6.45) is 7.35. The molecule has 0 amide bonds. The Bertz CT molecular complexity index is 69.3. The summed E-state index contributed by atoms with van der Waals surface area (Å²) >= 11 is 0. The summed E-state index contributed by atoms with van der Waals surface area (Å²) in [5, 5.41) is 0. The fraction of sp³-hybridized carbons (Fsp3) is 0.692. The van der Waals surface area contributed by atoms with Gasteiger partial charge in [0.25, 0.3) is 0 Å². The van der Waals surface area contributed by atoms with Crippen LogP contribution in [0.3, 0.4) is 0 Å². The van der Waals surface area contributed by atoms with Crippen molar-refractivity contribution in [2.24, 2.45) is 5.92 Å². The summed E-state index contributed by atoms with van der Waals surface area (Å²) in [7, 11) is 0. The zero-order valence-corrected chi connectivity index (χ0v) is 10.3. The second-order valence-corrected chi connectivity index (χ2v) is 3.56. The summed E-state index contributed by atoms with van der Waals surface area (Å²) in [6, 6.07) is 0. The Balaban J connectivity index is -0.000000117. The van der Waals surface area contributed by atoms with Gasteiger partial charge in [0.1, 0.15) is 0 Å². The van der Waals surface area contributed by atoms with Crippen LogP contribution in [0.4, 0.5) is 0 Å². The summed E-state index contributed by atoms with van der Waals surface area (Å²) < 4.78 is 0. The molecule has 0 saturated carbocycles. The first-order valence-electron chi connectivity index (χ1n) is 5.30. The van der Waals surface area contributed by atoms with Crippen molar-refractivity contribution in [2.75, 3.05) is 0 Å². The molecule has 0 aliphatic heterocycles. The molecular formula is C13H28. The molecule has 0 saturated heterocycles. The van der Waals surface area contributed by atoms with Gasteiger partial charge in [0, 0.05) is 0 Å². The van der Waals surface area contributed by atoms with E-state index in [-0.39, 0.29) is 0 Å². The van der Waals surface area contributed by atoms with Gasteiger partial charge in [-0.1, -0.05) is 79.2 Å². The van der Waals surface area contributed by atoms with E-state index in [1.807, 2.05) is 0 Å². The third kappa shape index (κ3) is 168. The maximum Gasteiger partial charge on any atom is -0.0500 e. The molecule has 0 aromatic carbocycles. The minimum Gasteiger partial charge on any atom is -0.0991 e. The molecule has 0 fully saturated rings. The van der Waals surface area contributed by atoms with E-state index in [0.717, 1.165) is 5.92 Å².